The van der Waals surface area contributed by atoms with Crippen LogP contribution in [0.4, 0.5) is 16.2 Å². The number of halogens is 1. The normalized spacial score (nSPS) is 10.5. The van der Waals surface area contributed by atoms with Crippen LogP contribution in [0.3, 0.4) is 0 Å². The third-order valence-corrected chi connectivity index (χ3v) is 4.68. The van der Waals surface area contributed by atoms with Crippen molar-refractivity contribution in [2.24, 2.45) is 0 Å². The number of hydrogen-bond donors (Lipinski definition) is 3. The first-order valence-corrected chi connectivity index (χ1v) is 10.2. The van der Waals surface area contributed by atoms with Crippen molar-refractivity contribution in [3.05, 3.63) is 71.4 Å². The summed E-state index contributed by atoms with van der Waals surface area (Å²) in [6, 6.07) is 14.9. The third kappa shape index (κ3) is 6.91. The molecule has 0 aliphatic rings. The predicted molar refractivity (Wildman–Crippen MR) is 124 cm³/mol. The second-order valence-electron chi connectivity index (χ2n) is 6.67. The zero-order chi connectivity index (χ0) is 23.6. The molecule has 9 nitrogen and oxygen atoms in total. The monoisotopic (exact) mass is 471 g/mol. The number of hydrogen-bond acceptors (Lipinski definition) is 6. The van der Waals surface area contributed by atoms with Gasteiger partial charge in [0.05, 0.1) is 41.5 Å². The topological polar surface area (TPSA) is 119 Å². The lowest BCUT2D eigenvalue weighted by Gasteiger charge is -2.11. The number of anilines is 2. The summed E-state index contributed by atoms with van der Waals surface area (Å²) in [5, 5.41) is 14.3. The summed E-state index contributed by atoms with van der Waals surface area (Å²) in [5.41, 5.74) is 2.26. The van der Waals surface area contributed by atoms with Crippen molar-refractivity contribution < 1.29 is 28.9 Å². The van der Waals surface area contributed by atoms with E-state index in [0.717, 1.165) is 0 Å². The highest BCUT2D eigenvalue weighted by atomic mass is 35.5. The minimum Gasteiger partial charge on any atom is -0.466 e. The highest BCUT2D eigenvalue weighted by Crippen LogP contribution is 2.29. The molecule has 0 aliphatic carbocycles. The van der Waals surface area contributed by atoms with Crippen LogP contribution in [0.25, 0.3) is 11.3 Å². The largest absolute Gasteiger partial charge is 0.466 e. The van der Waals surface area contributed by atoms with Crippen molar-refractivity contribution in [1.82, 2.24) is 4.98 Å². The van der Waals surface area contributed by atoms with Crippen molar-refractivity contribution in [3.8, 4) is 17.0 Å². The van der Waals surface area contributed by atoms with E-state index in [9.17, 15) is 9.59 Å². The quantitative estimate of drug-likeness (QED) is 0.288. The molecule has 2 aromatic carbocycles. The Morgan fingerprint density at radius 3 is 2.36 bits per heavy atom. The SMILES string of the molecule is COCCOCOc1cnc(-c2ccc(C(=O)Nc3ccccc3NC(=O)O)cc2)c(Cl)c1. The molecule has 172 valence electrons. The first kappa shape index (κ1) is 24.0. The predicted octanol–water partition coefficient (Wildman–Crippen LogP) is 4.74. The lowest BCUT2D eigenvalue weighted by molar-refractivity contribution is -0.00860. The zero-order valence-corrected chi connectivity index (χ0v) is 18.5. The second kappa shape index (κ2) is 11.8. The van der Waals surface area contributed by atoms with Crippen LogP contribution in [-0.4, -0.2) is 49.2 Å². The Labute approximate surface area is 195 Å². The summed E-state index contributed by atoms with van der Waals surface area (Å²) in [6.45, 7) is 0.939. The van der Waals surface area contributed by atoms with Crippen LogP contribution in [0, 0.1) is 0 Å². The highest BCUT2D eigenvalue weighted by molar-refractivity contribution is 6.33. The Bertz CT molecular complexity index is 1110. The number of amides is 2. The maximum Gasteiger partial charge on any atom is 0.409 e. The minimum atomic E-state index is -1.22. The number of carbonyl (C=O) groups is 2. The summed E-state index contributed by atoms with van der Waals surface area (Å²) >= 11 is 6.36. The van der Waals surface area contributed by atoms with Crippen LogP contribution in [-0.2, 0) is 9.47 Å². The maximum absolute atomic E-state index is 12.6. The number of ether oxygens (including phenoxy) is 3. The number of pyridine rings is 1. The Morgan fingerprint density at radius 1 is 1.03 bits per heavy atom. The van der Waals surface area contributed by atoms with Gasteiger partial charge >= 0.3 is 6.09 Å². The molecular formula is C23H22ClN3O6. The van der Waals surface area contributed by atoms with Gasteiger partial charge in [-0.3, -0.25) is 15.1 Å². The van der Waals surface area contributed by atoms with Gasteiger partial charge in [0, 0.05) is 24.3 Å². The van der Waals surface area contributed by atoms with Crippen LogP contribution in [0.15, 0.2) is 60.8 Å². The number of nitrogens with one attached hydrogen (secondary N) is 2. The number of nitrogens with zero attached hydrogens (tertiary/aromatic N) is 1. The van der Waals surface area contributed by atoms with Gasteiger partial charge in [-0.1, -0.05) is 35.9 Å². The number of rotatable bonds is 10. The fraction of sp³-hybridized carbons (Fsp3) is 0.174. The fourth-order valence-corrected chi connectivity index (χ4v) is 3.08. The average Bonchev–Trinajstić information content (AvgIpc) is 2.80. The van der Waals surface area contributed by atoms with Crippen LogP contribution in [0.1, 0.15) is 10.4 Å². The molecule has 2 amide bonds. The van der Waals surface area contributed by atoms with E-state index in [1.54, 1.807) is 61.7 Å². The van der Waals surface area contributed by atoms with Crippen molar-refractivity contribution >= 4 is 35.0 Å². The van der Waals surface area contributed by atoms with Crippen LogP contribution < -0.4 is 15.4 Å². The van der Waals surface area contributed by atoms with Gasteiger partial charge in [0.15, 0.2) is 6.79 Å². The molecule has 3 aromatic rings. The van der Waals surface area contributed by atoms with Gasteiger partial charge in [0.2, 0.25) is 0 Å². The van der Waals surface area contributed by atoms with Gasteiger partial charge in [-0.2, -0.15) is 0 Å². The molecule has 1 heterocycles. The Kier molecular flexibility index (Phi) is 8.59. The Morgan fingerprint density at radius 2 is 1.73 bits per heavy atom. The van der Waals surface area contributed by atoms with Gasteiger partial charge in [-0.05, 0) is 24.3 Å². The molecule has 10 heteroatoms. The molecule has 0 saturated carbocycles. The number of aromatic nitrogens is 1. The summed E-state index contributed by atoms with van der Waals surface area (Å²) < 4.78 is 15.6. The Balaban J connectivity index is 1.65. The summed E-state index contributed by atoms with van der Waals surface area (Å²) in [7, 11) is 1.59. The summed E-state index contributed by atoms with van der Waals surface area (Å²) in [6.07, 6.45) is 0.314. The minimum absolute atomic E-state index is 0.0512. The van der Waals surface area contributed by atoms with Crippen molar-refractivity contribution in [2.45, 2.75) is 0 Å². The number of benzene rings is 2. The first-order chi connectivity index (χ1) is 16.0. The highest BCUT2D eigenvalue weighted by Gasteiger charge is 2.12. The summed E-state index contributed by atoms with van der Waals surface area (Å²) in [5.74, 6) is 0.0725. The smallest absolute Gasteiger partial charge is 0.409 e. The second-order valence-corrected chi connectivity index (χ2v) is 7.08. The molecule has 3 N–H and O–H groups in total. The molecule has 33 heavy (non-hydrogen) atoms. The van der Waals surface area contributed by atoms with Crippen molar-refractivity contribution in [1.29, 1.82) is 0 Å². The van der Waals surface area contributed by atoms with Crippen molar-refractivity contribution in [3.63, 3.8) is 0 Å². The molecule has 0 atom stereocenters. The molecule has 0 saturated heterocycles. The van der Waals surface area contributed by atoms with Crippen LogP contribution in [0.5, 0.6) is 5.75 Å². The molecule has 0 spiro atoms. The van der Waals surface area contributed by atoms with E-state index in [2.05, 4.69) is 15.6 Å². The maximum atomic E-state index is 12.6. The molecule has 0 aliphatic heterocycles. The van der Waals surface area contributed by atoms with Crippen LogP contribution in [0.2, 0.25) is 5.02 Å². The van der Waals surface area contributed by atoms with E-state index >= 15 is 0 Å². The standard InChI is InChI=1S/C23H22ClN3O6/c1-31-10-11-32-14-33-17-12-18(24)21(25-13-17)15-6-8-16(9-7-15)22(28)26-19-4-2-3-5-20(19)27-23(29)30/h2-9,12-13,27H,10-11,14H2,1H3,(H,26,28)(H,29,30). The van der Waals surface area contributed by atoms with Gasteiger partial charge in [-0.15, -0.1) is 0 Å². The summed E-state index contributed by atoms with van der Waals surface area (Å²) in [4.78, 5) is 27.9. The van der Waals surface area contributed by atoms with Gasteiger partial charge in [-0.25, -0.2) is 4.79 Å². The van der Waals surface area contributed by atoms with Crippen LogP contribution >= 0.6 is 11.6 Å². The number of carboxylic acid groups (broad SMARTS) is 1. The van der Waals surface area contributed by atoms with Gasteiger partial charge < -0.3 is 24.6 Å². The fourth-order valence-electron chi connectivity index (χ4n) is 2.81. The van der Waals surface area contributed by atoms with E-state index in [4.69, 9.17) is 30.9 Å². The molecule has 0 fully saturated rings. The molecule has 0 bridgehead atoms. The van der Waals surface area contributed by atoms with E-state index < -0.39 is 12.0 Å². The molecule has 0 radical (unpaired) electrons. The zero-order valence-electron chi connectivity index (χ0n) is 17.7. The van der Waals surface area contributed by atoms with E-state index in [1.165, 1.54) is 6.20 Å². The molecular weight excluding hydrogens is 450 g/mol. The number of para-hydroxylation sites is 2. The molecule has 3 rings (SSSR count). The van der Waals surface area contributed by atoms with E-state index in [1.807, 2.05) is 0 Å². The first-order valence-electron chi connectivity index (χ1n) is 9.83. The lowest BCUT2D eigenvalue weighted by atomic mass is 10.1. The average molecular weight is 472 g/mol. The molecule has 0 unspecified atom stereocenters. The molecule has 1 aromatic heterocycles. The number of carbonyl (C=O) groups excluding carboxylic acids is 1. The number of methoxy groups -OCH3 is 1. The van der Waals surface area contributed by atoms with E-state index in [0.29, 0.717) is 46.5 Å². The van der Waals surface area contributed by atoms with Gasteiger partial charge in [0.1, 0.15) is 5.75 Å². The van der Waals surface area contributed by atoms with Gasteiger partial charge in [0.25, 0.3) is 5.91 Å². The third-order valence-electron chi connectivity index (χ3n) is 4.39. The lowest BCUT2D eigenvalue weighted by Crippen LogP contribution is -2.15. The van der Waals surface area contributed by atoms with Crippen molar-refractivity contribution in [2.75, 3.05) is 37.8 Å². The Hall–Kier alpha value is -3.66. The van der Waals surface area contributed by atoms with E-state index in [-0.39, 0.29) is 12.5 Å².